The van der Waals surface area contributed by atoms with E-state index in [2.05, 4.69) is 20.9 Å². The summed E-state index contributed by atoms with van der Waals surface area (Å²) in [6.07, 6.45) is -4.35. The molecule has 1 aromatic carbocycles. The van der Waals surface area contributed by atoms with E-state index in [1.54, 1.807) is 24.3 Å². The molecule has 0 aliphatic rings. The molecule has 0 saturated carbocycles. The highest BCUT2D eigenvalue weighted by molar-refractivity contribution is 9.10. The number of ether oxygens (including phenoxy) is 1. The van der Waals surface area contributed by atoms with Crippen molar-refractivity contribution in [2.75, 3.05) is 6.61 Å². The maximum Gasteiger partial charge on any atom is 0.459 e. The van der Waals surface area contributed by atoms with Crippen LogP contribution in [-0.4, -0.2) is 22.3 Å². The maximum atomic E-state index is 13.6. The molecule has 0 fully saturated rings. The van der Waals surface area contributed by atoms with Crippen molar-refractivity contribution >= 4 is 15.9 Å². The predicted octanol–water partition coefficient (Wildman–Crippen LogP) is 5.35. The van der Waals surface area contributed by atoms with Gasteiger partial charge in [-0.05, 0) is 18.6 Å². The van der Waals surface area contributed by atoms with Crippen molar-refractivity contribution in [2.45, 2.75) is 32.2 Å². The Morgan fingerprint density at radius 1 is 1.12 bits per heavy atom. The fourth-order valence-corrected chi connectivity index (χ4v) is 2.21. The maximum absolute atomic E-state index is 13.6. The molecule has 0 atom stereocenters. The number of nitrogens with zero attached hydrogens (tertiary/aromatic N) is 2. The number of imidazole rings is 1. The normalized spacial score (nSPS) is 12.6. The Bertz CT molecular complexity index is 682. The minimum Gasteiger partial charge on any atom is -0.361 e. The summed E-state index contributed by atoms with van der Waals surface area (Å²) in [5, 5.41) is 0. The monoisotopic (exact) mass is 412 g/mol. The summed E-state index contributed by atoms with van der Waals surface area (Å²) in [4.78, 5) is 3.52. The Hall–Kier alpha value is -1.48. The van der Waals surface area contributed by atoms with E-state index < -0.39 is 17.8 Å². The highest BCUT2D eigenvalue weighted by Gasteiger charge is 2.60. The van der Waals surface area contributed by atoms with Gasteiger partial charge in [-0.3, -0.25) is 0 Å². The third-order valence-corrected chi connectivity index (χ3v) is 3.66. The highest BCUT2D eigenvalue weighted by Crippen LogP contribution is 2.43. The van der Waals surface area contributed by atoms with Crippen molar-refractivity contribution in [3.05, 3.63) is 40.6 Å². The Morgan fingerprint density at radius 3 is 2.29 bits per heavy atom. The van der Waals surface area contributed by atoms with Gasteiger partial charge in [-0.15, -0.1) is 0 Å². The van der Waals surface area contributed by atoms with Gasteiger partial charge in [0, 0.05) is 22.8 Å². The zero-order valence-electron chi connectivity index (χ0n) is 12.6. The number of alkyl halides is 5. The van der Waals surface area contributed by atoms with Gasteiger partial charge in [0.25, 0.3) is 0 Å². The zero-order valence-corrected chi connectivity index (χ0v) is 14.2. The number of hydrogen-bond donors (Lipinski definition) is 0. The van der Waals surface area contributed by atoms with E-state index >= 15 is 0 Å². The van der Waals surface area contributed by atoms with Gasteiger partial charge in [0.05, 0.1) is 0 Å². The van der Waals surface area contributed by atoms with Gasteiger partial charge in [-0.2, -0.15) is 22.0 Å². The minimum atomic E-state index is -5.71. The molecule has 0 saturated heterocycles. The van der Waals surface area contributed by atoms with Gasteiger partial charge in [0.2, 0.25) is 0 Å². The molecule has 0 spiro atoms. The van der Waals surface area contributed by atoms with Crippen molar-refractivity contribution in [3.63, 3.8) is 0 Å². The van der Waals surface area contributed by atoms with Gasteiger partial charge in [0.15, 0.2) is 0 Å². The first kappa shape index (κ1) is 18.9. The molecule has 3 nitrogen and oxygen atoms in total. The van der Waals surface area contributed by atoms with E-state index in [1.165, 1.54) is 0 Å². The topological polar surface area (TPSA) is 27.1 Å². The third-order valence-electron chi connectivity index (χ3n) is 3.14. The SMILES string of the molecule is CCCOCn1cc(C(F)(F)C(F)(F)F)nc1-c1ccc(Br)cc1. The van der Waals surface area contributed by atoms with E-state index in [4.69, 9.17) is 4.74 Å². The second-order valence-electron chi connectivity index (χ2n) is 5.04. The van der Waals surface area contributed by atoms with Crippen LogP contribution >= 0.6 is 15.9 Å². The lowest BCUT2D eigenvalue weighted by molar-refractivity contribution is -0.290. The Labute approximate surface area is 143 Å². The fourth-order valence-electron chi connectivity index (χ4n) is 1.95. The van der Waals surface area contributed by atoms with E-state index in [-0.39, 0.29) is 12.6 Å². The summed E-state index contributed by atoms with van der Waals surface area (Å²) < 4.78 is 72.1. The molecule has 24 heavy (non-hydrogen) atoms. The van der Waals surface area contributed by atoms with Crippen LogP contribution in [0, 0.1) is 0 Å². The Balaban J connectivity index is 2.45. The molecule has 2 rings (SSSR count). The summed E-state index contributed by atoms with van der Waals surface area (Å²) in [6.45, 7) is 2.04. The van der Waals surface area contributed by atoms with Crippen molar-refractivity contribution in [1.29, 1.82) is 0 Å². The van der Waals surface area contributed by atoms with Crippen molar-refractivity contribution in [2.24, 2.45) is 0 Å². The first-order chi connectivity index (χ1) is 11.2. The van der Waals surface area contributed by atoms with Crippen LogP contribution in [0.15, 0.2) is 34.9 Å². The lowest BCUT2D eigenvalue weighted by Crippen LogP contribution is -2.34. The van der Waals surface area contributed by atoms with Gasteiger partial charge in [-0.1, -0.05) is 35.0 Å². The quantitative estimate of drug-likeness (QED) is 0.472. The molecule has 1 heterocycles. The molecule has 0 radical (unpaired) electrons. The highest BCUT2D eigenvalue weighted by atomic mass is 79.9. The van der Waals surface area contributed by atoms with Crippen molar-refractivity contribution in [3.8, 4) is 11.4 Å². The molecule has 0 N–H and O–H groups in total. The number of rotatable bonds is 6. The first-order valence-electron chi connectivity index (χ1n) is 7.02. The summed E-state index contributed by atoms with van der Waals surface area (Å²) in [7, 11) is 0. The number of benzene rings is 1. The molecule has 0 bridgehead atoms. The number of halogens is 6. The summed E-state index contributed by atoms with van der Waals surface area (Å²) in [5.74, 6) is -5.05. The van der Waals surface area contributed by atoms with Gasteiger partial charge >= 0.3 is 12.1 Å². The average Bonchev–Trinajstić information content (AvgIpc) is 2.92. The van der Waals surface area contributed by atoms with Gasteiger partial charge in [0.1, 0.15) is 18.2 Å². The number of hydrogen-bond acceptors (Lipinski definition) is 2. The molecule has 0 unspecified atom stereocenters. The second kappa shape index (κ2) is 7.18. The van der Waals surface area contributed by atoms with Crippen LogP contribution in [0.2, 0.25) is 0 Å². The molecule has 132 valence electrons. The second-order valence-corrected chi connectivity index (χ2v) is 5.95. The summed E-state index contributed by atoms with van der Waals surface area (Å²) in [5.41, 5.74) is -0.949. The lowest BCUT2D eigenvalue weighted by Gasteiger charge is -2.16. The van der Waals surface area contributed by atoms with Crippen LogP contribution in [0.5, 0.6) is 0 Å². The molecule has 0 amide bonds. The summed E-state index contributed by atoms with van der Waals surface area (Å²) in [6, 6.07) is 6.42. The standard InChI is InChI=1S/C15H14BrF5N2O/c1-2-7-24-9-23-8-12(14(17,18)15(19,20)21)22-13(23)10-3-5-11(16)6-4-10/h3-6,8H,2,7,9H2,1H3. The first-order valence-corrected chi connectivity index (χ1v) is 7.82. The minimum absolute atomic E-state index is 0.0162. The van der Waals surface area contributed by atoms with Crippen LogP contribution in [0.3, 0.4) is 0 Å². The smallest absolute Gasteiger partial charge is 0.361 e. The van der Waals surface area contributed by atoms with Gasteiger partial charge < -0.3 is 9.30 Å². The van der Waals surface area contributed by atoms with Crippen LogP contribution in [0.1, 0.15) is 19.0 Å². The molecule has 9 heteroatoms. The van der Waals surface area contributed by atoms with Crippen molar-refractivity contribution in [1.82, 2.24) is 9.55 Å². The van der Waals surface area contributed by atoms with E-state index in [0.29, 0.717) is 24.8 Å². The Kier molecular flexibility index (Phi) is 5.64. The molecule has 2 aromatic rings. The molecule has 0 aliphatic heterocycles. The Morgan fingerprint density at radius 2 is 1.75 bits per heavy atom. The zero-order chi connectivity index (χ0) is 18.0. The molecular formula is C15H14BrF5N2O. The summed E-state index contributed by atoms with van der Waals surface area (Å²) >= 11 is 3.23. The van der Waals surface area contributed by atoms with Crippen LogP contribution in [0.25, 0.3) is 11.4 Å². The molecular weight excluding hydrogens is 399 g/mol. The third kappa shape index (κ3) is 3.94. The van der Waals surface area contributed by atoms with E-state index in [0.717, 1.165) is 9.04 Å². The van der Waals surface area contributed by atoms with E-state index in [9.17, 15) is 22.0 Å². The van der Waals surface area contributed by atoms with E-state index in [1.807, 2.05) is 6.92 Å². The molecule has 1 aromatic heterocycles. The van der Waals surface area contributed by atoms with Crippen molar-refractivity contribution < 1.29 is 26.7 Å². The average molecular weight is 413 g/mol. The van der Waals surface area contributed by atoms with Crippen LogP contribution in [0.4, 0.5) is 22.0 Å². The van der Waals surface area contributed by atoms with Gasteiger partial charge in [-0.25, -0.2) is 4.98 Å². The lowest BCUT2D eigenvalue weighted by atomic mass is 10.2. The van der Waals surface area contributed by atoms with Crippen LogP contribution in [-0.2, 0) is 17.4 Å². The predicted molar refractivity (Wildman–Crippen MR) is 81.6 cm³/mol. The fraction of sp³-hybridized carbons (Fsp3) is 0.400. The largest absolute Gasteiger partial charge is 0.459 e. The number of aromatic nitrogens is 2. The van der Waals surface area contributed by atoms with Crippen LogP contribution < -0.4 is 0 Å². The molecule has 0 aliphatic carbocycles.